The average Bonchev–Trinajstić information content (AvgIpc) is 3.58. The molecule has 0 saturated heterocycles. The van der Waals surface area contributed by atoms with Crippen LogP contribution in [-0.4, -0.2) is 57.0 Å². The second-order valence-electron chi connectivity index (χ2n) is 7.67. The highest BCUT2D eigenvalue weighted by molar-refractivity contribution is 5.72. The van der Waals surface area contributed by atoms with Crippen molar-refractivity contribution in [3.05, 3.63) is 36.9 Å². The summed E-state index contributed by atoms with van der Waals surface area (Å²) in [4.78, 5) is 22.3. The third-order valence-electron chi connectivity index (χ3n) is 5.27. The Morgan fingerprint density at radius 3 is 2.71 bits per heavy atom. The van der Waals surface area contributed by atoms with Gasteiger partial charge in [0.2, 0.25) is 5.95 Å². The molecular formula is C21H23N11O2. The van der Waals surface area contributed by atoms with Gasteiger partial charge in [0, 0.05) is 29.6 Å². The number of amides is 1. The summed E-state index contributed by atoms with van der Waals surface area (Å²) in [6, 6.07) is 6.39. The van der Waals surface area contributed by atoms with E-state index in [0.717, 1.165) is 24.0 Å². The first-order valence-corrected chi connectivity index (χ1v) is 10.7. The minimum atomic E-state index is -1.33. The van der Waals surface area contributed by atoms with Gasteiger partial charge in [0.25, 0.3) is 0 Å². The monoisotopic (exact) mass is 461 g/mol. The second-order valence-corrected chi connectivity index (χ2v) is 7.67. The number of nitrogens with two attached hydrogens (primary N) is 1. The van der Waals surface area contributed by atoms with Gasteiger partial charge in [-0.25, -0.2) is 14.8 Å². The molecule has 34 heavy (non-hydrogen) atoms. The Balaban J connectivity index is 0.000000636. The number of fused-ring (bicyclic) bond motifs is 1. The molecule has 0 unspecified atom stereocenters. The van der Waals surface area contributed by atoms with E-state index in [9.17, 15) is 0 Å². The molecule has 174 valence electrons. The van der Waals surface area contributed by atoms with Crippen LogP contribution in [0.1, 0.15) is 32.1 Å². The van der Waals surface area contributed by atoms with Gasteiger partial charge in [0.15, 0.2) is 17.0 Å². The van der Waals surface area contributed by atoms with E-state index in [1.807, 2.05) is 18.3 Å². The Bertz CT molecular complexity index is 1300. The molecule has 4 aromatic rings. The highest BCUT2D eigenvalue weighted by Crippen LogP contribution is 2.22. The summed E-state index contributed by atoms with van der Waals surface area (Å²) in [5.41, 5.74) is 7.15. The molecule has 0 radical (unpaired) electrons. The van der Waals surface area contributed by atoms with Crippen molar-refractivity contribution in [2.75, 3.05) is 5.32 Å². The lowest BCUT2D eigenvalue weighted by Gasteiger charge is -2.11. The van der Waals surface area contributed by atoms with Crippen molar-refractivity contribution in [3.8, 4) is 23.0 Å². The van der Waals surface area contributed by atoms with Crippen LogP contribution in [0.15, 0.2) is 36.9 Å². The molecule has 5 rings (SSSR count). The lowest BCUT2D eigenvalue weighted by Crippen LogP contribution is -2.16. The van der Waals surface area contributed by atoms with Gasteiger partial charge in [-0.3, -0.25) is 4.68 Å². The fourth-order valence-electron chi connectivity index (χ4n) is 3.69. The van der Waals surface area contributed by atoms with Crippen molar-refractivity contribution in [1.29, 1.82) is 5.26 Å². The summed E-state index contributed by atoms with van der Waals surface area (Å²) < 4.78 is 3.38. The van der Waals surface area contributed by atoms with E-state index in [1.165, 1.54) is 12.8 Å². The van der Waals surface area contributed by atoms with Crippen molar-refractivity contribution >= 4 is 23.2 Å². The second kappa shape index (κ2) is 10.3. The van der Waals surface area contributed by atoms with Crippen molar-refractivity contribution < 1.29 is 9.90 Å². The maximum atomic E-state index is 8.78. The number of aryl methyl sites for hydroxylation is 1. The van der Waals surface area contributed by atoms with Gasteiger partial charge >= 0.3 is 6.09 Å². The van der Waals surface area contributed by atoms with Gasteiger partial charge in [-0.2, -0.15) is 20.0 Å². The van der Waals surface area contributed by atoms with E-state index < -0.39 is 6.09 Å². The third-order valence-corrected chi connectivity index (χ3v) is 5.27. The Hall–Kier alpha value is -4.60. The molecule has 1 aliphatic carbocycles. The molecule has 4 aromatic heterocycles. The Morgan fingerprint density at radius 2 is 2.00 bits per heavy atom. The van der Waals surface area contributed by atoms with Crippen LogP contribution in [0.2, 0.25) is 0 Å². The number of hydrogen-bond donors (Lipinski definition) is 3. The summed E-state index contributed by atoms with van der Waals surface area (Å²) in [6.07, 6.45) is 11.0. The Kier molecular flexibility index (Phi) is 6.87. The van der Waals surface area contributed by atoms with Crippen LogP contribution in [0.5, 0.6) is 0 Å². The Labute approximate surface area is 194 Å². The minimum absolute atomic E-state index is 0.428. The molecule has 13 nitrogen and oxygen atoms in total. The maximum absolute atomic E-state index is 8.78. The fraction of sp³-hybridized carbons (Fsp3) is 0.333. The lowest BCUT2D eigenvalue weighted by molar-refractivity contribution is 0.205. The topological polar surface area (TPSA) is 186 Å². The van der Waals surface area contributed by atoms with Crippen LogP contribution in [0.25, 0.3) is 28.1 Å². The number of nitrogens with zero attached hydrogens (tertiary/aromatic N) is 9. The number of carbonyl (C=O) groups is 1. The van der Waals surface area contributed by atoms with E-state index in [0.29, 0.717) is 41.9 Å². The molecule has 0 spiro atoms. The SMILES string of the molecule is N#CCCn1cc(-c2ccc(-n3nnc4cnc(NC5CCCC5)nc43)nc2)cn1.NC(=O)O. The van der Waals surface area contributed by atoms with Crippen LogP contribution >= 0.6 is 0 Å². The molecular weight excluding hydrogens is 438 g/mol. The van der Waals surface area contributed by atoms with E-state index in [2.05, 4.69) is 47.5 Å². The normalized spacial score (nSPS) is 13.3. The number of carboxylic acid groups (broad SMARTS) is 1. The van der Waals surface area contributed by atoms with E-state index in [4.69, 9.17) is 15.2 Å². The number of rotatable bonds is 6. The molecule has 0 bridgehead atoms. The number of anilines is 1. The molecule has 13 heteroatoms. The highest BCUT2D eigenvalue weighted by atomic mass is 16.4. The summed E-state index contributed by atoms with van der Waals surface area (Å²) in [7, 11) is 0. The largest absolute Gasteiger partial charge is 0.465 e. The first-order chi connectivity index (χ1) is 16.5. The fourth-order valence-corrected chi connectivity index (χ4v) is 3.69. The van der Waals surface area contributed by atoms with E-state index in [-0.39, 0.29) is 0 Å². The van der Waals surface area contributed by atoms with Crippen LogP contribution < -0.4 is 11.1 Å². The van der Waals surface area contributed by atoms with Crippen LogP contribution in [0.4, 0.5) is 10.7 Å². The zero-order chi connectivity index (χ0) is 23.9. The molecule has 4 heterocycles. The van der Waals surface area contributed by atoms with Gasteiger partial charge in [0.05, 0.1) is 31.4 Å². The average molecular weight is 461 g/mol. The van der Waals surface area contributed by atoms with Crippen LogP contribution in [-0.2, 0) is 6.54 Å². The standard InChI is InChI=1S/C20H20N10.CH3NO2/c21-8-3-9-29-13-15(11-24-29)14-6-7-18(22-10-14)30-19-17(27-28-30)12-23-20(26-19)25-16-4-1-2-5-16;2-1(3)4/h6-7,10-13,16H,1-5,9H2,(H,23,25,26);2H2,(H,3,4). The minimum Gasteiger partial charge on any atom is -0.465 e. The molecule has 1 amide bonds. The first-order valence-electron chi connectivity index (χ1n) is 10.7. The van der Waals surface area contributed by atoms with E-state index >= 15 is 0 Å². The predicted octanol–water partition coefficient (Wildman–Crippen LogP) is 2.36. The quantitative estimate of drug-likeness (QED) is 0.384. The number of primary amides is 1. The summed E-state index contributed by atoms with van der Waals surface area (Å²) >= 11 is 0. The molecule has 0 aromatic carbocycles. The van der Waals surface area contributed by atoms with Crippen molar-refractivity contribution in [3.63, 3.8) is 0 Å². The lowest BCUT2D eigenvalue weighted by atomic mass is 10.2. The molecule has 0 aliphatic heterocycles. The van der Waals surface area contributed by atoms with Gasteiger partial charge in [-0.1, -0.05) is 18.1 Å². The van der Waals surface area contributed by atoms with Crippen LogP contribution in [0.3, 0.4) is 0 Å². The number of aromatic nitrogens is 8. The number of nitriles is 1. The molecule has 1 fully saturated rings. The number of hydrogen-bond acceptors (Lipinski definition) is 9. The van der Waals surface area contributed by atoms with E-state index in [1.54, 1.807) is 28.0 Å². The molecule has 4 N–H and O–H groups in total. The summed E-state index contributed by atoms with van der Waals surface area (Å²) in [5, 5.41) is 32.0. The zero-order valence-electron chi connectivity index (χ0n) is 18.2. The van der Waals surface area contributed by atoms with Crippen molar-refractivity contribution in [2.45, 2.75) is 44.7 Å². The summed E-state index contributed by atoms with van der Waals surface area (Å²) in [6.45, 7) is 0.573. The zero-order valence-corrected chi connectivity index (χ0v) is 18.2. The number of pyridine rings is 1. The predicted molar refractivity (Wildman–Crippen MR) is 122 cm³/mol. The van der Waals surface area contributed by atoms with Crippen molar-refractivity contribution in [2.24, 2.45) is 5.73 Å². The molecule has 1 aliphatic rings. The maximum Gasteiger partial charge on any atom is 0.402 e. The summed E-state index contributed by atoms with van der Waals surface area (Å²) in [5.74, 6) is 1.22. The first kappa shape index (κ1) is 22.6. The van der Waals surface area contributed by atoms with Crippen molar-refractivity contribution in [1.82, 2.24) is 39.7 Å². The smallest absolute Gasteiger partial charge is 0.402 e. The highest BCUT2D eigenvalue weighted by Gasteiger charge is 2.17. The van der Waals surface area contributed by atoms with Gasteiger partial charge < -0.3 is 16.2 Å². The van der Waals surface area contributed by atoms with Gasteiger partial charge in [-0.15, -0.1) is 5.10 Å². The number of nitrogens with one attached hydrogen (secondary N) is 1. The van der Waals surface area contributed by atoms with Crippen LogP contribution in [0, 0.1) is 11.3 Å². The third kappa shape index (κ3) is 5.41. The molecule has 1 saturated carbocycles. The van der Waals surface area contributed by atoms with Gasteiger partial charge in [-0.05, 0) is 25.0 Å². The van der Waals surface area contributed by atoms with Gasteiger partial charge in [0.1, 0.15) is 0 Å². The molecule has 0 atom stereocenters. The Morgan fingerprint density at radius 1 is 1.21 bits per heavy atom.